The second-order valence-electron chi connectivity index (χ2n) is 14.1. The Balaban J connectivity index is 0.000000211. The number of nitrogens with zero attached hydrogens (tertiary/aromatic N) is 4. The molecule has 1 aliphatic rings. The number of aromatic nitrogens is 4. The van der Waals surface area contributed by atoms with Crippen molar-refractivity contribution in [3.05, 3.63) is 128 Å². The molecule has 0 radical (unpaired) electrons. The first kappa shape index (κ1) is 40.3. The molecule has 48 heavy (non-hydrogen) atoms. The molecule has 0 bridgehead atoms. The van der Waals surface area contributed by atoms with Gasteiger partial charge < -0.3 is 0 Å². The van der Waals surface area contributed by atoms with Crippen molar-refractivity contribution in [1.82, 2.24) is 19.9 Å². The van der Waals surface area contributed by atoms with Crippen molar-refractivity contribution in [2.24, 2.45) is 11.8 Å². The number of benzene rings is 3. The summed E-state index contributed by atoms with van der Waals surface area (Å²) >= 11 is 0. The summed E-state index contributed by atoms with van der Waals surface area (Å²) in [6.45, 7) is 29.9. The normalized spacial score (nSPS) is 15.0. The molecule has 1 aliphatic carbocycles. The summed E-state index contributed by atoms with van der Waals surface area (Å²) in [6, 6.07) is 13.1. The molecule has 0 amide bonds. The first-order chi connectivity index (χ1) is 22.6. The Kier molecular flexibility index (Phi) is 16.6. The fourth-order valence-corrected chi connectivity index (χ4v) is 5.51. The molecule has 4 nitrogen and oxygen atoms in total. The van der Waals surface area contributed by atoms with Crippen LogP contribution in [-0.4, -0.2) is 19.9 Å². The third kappa shape index (κ3) is 13.7. The van der Waals surface area contributed by atoms with Crippen LogP contribution < -0.4 is 0 Å². The summed E-state index contributed by atoms with van der Waals surface area (Å²) in [5.41, 5.74) is 13.6. The highest BCUT2D eigenvalue weighted by molar-refractivity contribution is 5.83. The van der Waals surface area contributed by atoms with Crippen molar-refractivity contribution in [2.75, 3.05) is 0 Å². The Hall–Kier alpha value is -3.92. The minimum Gasteiger partial charge on any atom is -0.241 e. The van der Waals surface area contributed by atoms with E-state index in [-0.39, 0.29) is 0 Å². The van der Waals surface area contributed by atoms with Gasteiger partial charge in [-0.25, -0.2) is 19.9 Å². The molecule has 0 unspecified atom stereocenters. The van der Waals surface area contributed by atoms with Crippen LogP contribution in [0.2, 0.25) is 0 Å². The fourth-order valence-electron chi connectivity index (χ4n) is 5.51. The maximum absolute atomic E-state index is 3.97. The van der Waals surface area contributed by atoms with Gasteiger partial charge in [0.15, 0.2) is 0 Å². The summed E-state index contributed by atoms with van der Waals surface area (Å²) in [5, 5.41) is 2.67. The van der Waals surface area contributed by atoms with Gasteiger partial charge >= 0.3 is 0 Å². The molecule has 1 fully saturated rings. The summed E-state index contributed by atoms with van der Waals surface area (Å²) < 4.78 is 0. The van der Waals surface area contributed by atoms with Crippen LogP contribution >= 0.6 is 0 Å². The maximum atomic E-state index is 3.97. The summed E-state index contributed by atoms with van der Waals surface area (Å²) in [7, 11) is 0. The van der Waals surface area contributed by atoms with Gasteiger partial charge in [0.2, 0.25) is 0 Å². The Morgan fingerprint density at radius 3 is 0.854 bits per heavy atom. The van der Waals surface area contributed by atoms with Gasteiger partial charge in [0.25, 0.3) is 0 Å². The fraction of sp³-hybridized carbons (Fsp3) is 0.455. The van der Waals surface area contributed by atoms with E-state index >= 15 is 0 Å². The van der Waals surface area contributed by atoms with Gasteiger partial charge in [-0.05, 0) is 150 Å². The molecule has 2 aromatic heterocycles. The maximum Gasteiger partial charge on any atom is 0.125 e. The van der Waals surface area contributed by atoms with Crippen LogP contribution in [-0.2, 0) is 0 Å². The van der Waals surface area contributed by atoms with Gasteiger partial charge in [-0.2, -0.15) is 0 Å². The third-order valence-electron chi connectivity index (χ3n) is 9.65. The molecule has 0 spiro atoms. The minimum absolute atomic E-state index is 0.829. The molecule has 0 saturated heterocycles. The van der Waals surface area contributed by atoms with Gasteiger partial charge in [0.1, 0.15) is 11.6 Å². The molecular weight excluding hydrogens is 585 g/mol. The van der Waals surface area contributed by atoms with E-state index in [4.69, 9.17) is 0 Å². The highest BCUT2D eigenvalue weighted by atomic mass is 14.8. The van der Waals surface area contributed by atoms with Crippen molar-refractivity contribution in [1.29, 1.82) is 0 Å². The van der Waals surface area contributed by atoms with Crippen LogP contribution in [0, 0.1) is 94.9 Å². The molecule has 0 aliphatic heterocycles. The van der Waals surface area contributed by atoms with Crippen LogP contribution in [0.15, 0.2) is 61.2 Å². The van der Waals surface area contributed by atoms with E-state index in [2.05, 4.69) is 126 Å². The average Bonchev–Trinajstić information content (AvgIpc) is 3.07. The molecular formula is C44H62N4. The second-order valence-corrected chi connectivity index (χ2v) is 14.1. The van der Waals surface area contributed by atoms with Crippen molar-refractivity contribution in [3.8, 4) is 0 Å². The molecule has 5 aromatic rings. The topological polar surface area (TPSA) is 51.6 Å². The summed E-state index contributed by atoms with van der Waals surface area (Å²) in [6.07, 6.45) is 13.1. The monoisotopic (exact) mass is 646 g/mol. The van der Waals surface area contributed by atoms with E-state index < -0.39 is 0 Å². The lowest BCUT2D eigenvalue weighted by molar-refractivity contribution is 0.308. The van der Waals surface area contributed by atoms with Crippen molar-refractivity contribution in [2.45, 2.75) is 123 Å². The van der Waals surface area contributed by atoms with Crippen LogP contribution in [0.25, 0.3) is 10.8 Å². The molecule has 2 heterocycles. The van der Waals surface area contributed by atoms with E-state index in [9.17, 15) is 0 Å². The van der Waals surface area contributed by atoms with E-state index in [0.29, 0.717) is 0 Å². The second kappa shape index (κ2) is 19.8. The van der Waals surface area contributed by atoms with Crippen LogP contribution in [0.5, 0.6) is 0 Å². The molecule has 1 saturated carbocycles. The van der Waals surface area contributed by atoms with Crippen molar-refractivity contribution in [3.63, 3.8) is 0 Å². The Labute approximate surface area is 292 Å². The SMILES string of the molecule is CC1CCC(C)CC1.Cc1c(C)c(C)c(C)c(C)c1C.Cc1ccc2cc(C)ccc2c1.Cc1cnc(C)nc1.Cc1cnc(C)nc1. The molecule has 0 N–H and O–H groups in total. The molecule has 4 heteroatoms. The van der Waals surface area contributed by atoms with Crippen molar-refractivity contribution < 1.29 is 0 Å². The predicted molar refractivity (Wildman–Crippen MR) is 208 cm³/mol. The largest absolute Gasteiger partial charge is 0.241 e. The first-order valence-electron chi connectivity index (χ1n) is 17.6. The summed E-state index contributed by atoms with van der Waals surface area (Å²) in [5.74, 6) is 3.70. The zero-order valence-corrected chi connectivity index (χ0v) is 32.5. The molecule has 0 atom stereocenters. The number of fused-ring (bicyclic) bond motifs is 1. The van der Waals surface area contributed by atoms with Crippen LogP contribution in [0.4, 0.5) is 0 Å². The Morgan fingerprint density at radius 2 is 0.625 bits per heavy atom. The van der Waals surface area contributed by atoms with Crippen LogP contribution in [0.3, 0.4) is 0 Å². The lowest BCUT2D eigenvalue weighted by atomic mass is 9.84. The summed E-state index contributed by atoms with van der Waals surface area (Å²) in [4.78, 5) is 15.9. The van der Waals surface area contributed by atoms with Crippen LogP contribution in [0.1, 0.15) is 107 Å². The highest BCUT2D eigenvalue weighted by Gasteiger charge is 2.13. The number of hydrogen-bond acceptors (Lipinski definition) is 4. The van der Waals surface area contributed by atoms with Gasteiger partial charge in [-0.1, -0.05) is 87.1 Å². The van der Waals surface area contributed by atoms with E-state index in [1.165, 1.54) is 81.0 Å². The minimum atomic E-state index is 0.829. The molecule has 3 aromatic carbocycles. The predicted octanol–water partition coefficient (Wildman–Crippen LogP) is 12.0. The van der Waals surface area contributed by atoms with Gasteiger partial charge in [0, 0.05) is 24.8 Å². The van der Waals surface area contributed by atoms with E-state index in [1.54, 1.807) is 0 Å². The van der Waals surface area contributed by atoms with Gasteiger partial charge in [0.05, 0.1) is 0 Å². The smallest absolute Gasteiger partial charge is 0.125 e. The Bertz CT molecular complexity index is 1450. The van der Waals surface area contributed by atoms with E-state index in [0.717, 1.165) is 34.6 Å². The lowest BCUT2D eigenvalue weighted by Crippen LogP contribution is -2.08. The first-order valence-corrected chi connectivity index (χ1v) is 17.6. The average molecular weight is 647 g/mol. The Morgan fingerprint density at radius 1 is 0.375 bits per heavy atom. The third-order valence-corrected chi connectivity index (χ3v) is 9.65. The van der Waals surface area contributed by atoms with Gasteiger partial charge in [-0.15, -0.1) is 0 Å². The number of hydrogen-bond donors (Lipinski definition) is 0. The molecule has 258 valence electrons. The van der Waals surface area contributed by atoms with Crippen molar-refractivity contribution >= 4 is 10.8 Å². The molecule has 6 rings (SSSR count). The zero-order valence-electron chi connectivity index (χ0n) is 32.5. The zero-order chi connectivity index (χ0) is 36.0. The van der Waals surface area contributed by atoms with Gasteiger partial charge in [-0.3, -0.25) is 0 Å². The highest BCUT2D eigenvalue weighted by Crippen LogP contribution is 2.27. The standard InChI is InChI=1S/C12H12.C12H18.C8H16.2C6H8N2/c1-9-3-5-12-8-10(2)4-6-11(12)7-9;1-7-8(2)10(4)12(6)11(5)9(7)3;1-7-3-5-8(2)6-4-7;2*1-5-3-7-6(2)8-4-5/h3-8H,1-2H3;1-6H3;7-8H,3-6H2,1-2H3;2*3-4H,1-2H3. The number of rotatable bonds is 0. The lowest BCUT2D eigenvalue weighted by Gasteiger charge is -2.22. The number of aryl methyl sites for hydroxylation is 6. The van der Waals surface area contributed by atoms with E-state index in [1.807, 2.05) is 52.5 Å². The quantitative estimate of drug-likeness (QED) is 0.168.